The second-order valence-electron chi connectivity index (χ2n) is 4.81. The molecule has 4 aromatic rings. The van der Waals surface area contributed by atoms with Crippen molar-refractivity contribution in [1.29, 1.82) is 0 Å². The average molecular weight is 272 g/mol. The van der Waals surface area contributed by atoms with Crippen molar-refractivity contribution in [2.75, 3.05) is 0 Å². The number of oxazole rings is 1. The number of nitrogens with zero attached hydrogens (tertiary/aromatic N) is 2. The Labute approximate surface area is 121 Å². The summed E-state index contributed by atoms with van der Waals surface area (Å²) in [6.07, 6.45) is 3.55. The van der Waals surface area contributed by atoms with Gasteiger partial charge in [-0.3, -0.25) is 4.98 Å². The van der Waals surface area contributed by atoms with Crippen LogP contribution in [0.4, 0.5) is 0 Å². The monoisotopic (exact) mass is 272 g/mol. The zero-order valence-corrected chi connectivity index (χ0v) is 11.2. The van der Waals surface area contributed by atoms with E-state index in [4.69, 9.17) is 4.42 Å². The summed E-state index contributed by atoms with van der Waals surface area (Å²) in [7, 11) is 0. The first-order valence-electron chi connectivity index (χ1n) is 6.76. The van der Waals surface area contributed by atoms with Crippen LogP contribution in [0, 0.1) is 0 Å². The van der Waals surface area contributed by atoms with Gasteiger partial charge in [0.25, 0.3) is 0 Å². The van der Waals surface area contributed by atoms with Crippen LogP contribution in [0.2, 0.25) is 0 Å². The number of aromatic nitrogens is 2. The highest BCUT2D eigenvalue weighted by molar-refractivity contribution is 5.83. The molecule has 0 atom stereocenters. The van der Waals surface area contributed by atoms with E-state index < -0.39 is 0 Å². The van der Waals surface area contributed by atoms with Crippen molar-refractivity contribution in [2.24, 2.45) is 0 Å². The first-order valence-corrected chi connectivity index (χ1v) is 6.76. The molecular formula is C18H12N2O. The molecule has 4 rings (SSSR count). The van der Waals surface area contributed by atoms with Crippen LogP contribution in [0.25, 0.3) is 33.7 Å². The topological polar surface area (TPSA) is 38.9 Å². The highest BCUT2D eigenvalue weighted by atomic mass is 16.4. The summed E-state index contributed by atoms with van der Waals surface area (Å²) in [4.78, 5) is 8.70. The van der Waals surface area contributed by atoms with E-state index in [0.29, 0.717) is 5.89 Å². The van der Waals surface area contributed by atoms with E-state index in [0.717, 1.165) is 27.8 Å². The van der Waals surface area contributed by atoms with E-state index in [1.165, 1.54) is 0 Å². The summed E-state index contributed by atoms with van der Waals surface area (Å²) in [5, 5.41) is 1.08. The Morgan fingerprint density at radius 2 is 1.67 bits per heavy atom. The molecular weight excluding hydrogens is 260 g/mol. The van der Waals surface area contributed by atoms with Crippen molar-refractivity contribution in [3.63, 3.8) is 0 Å². The normalized spacial score (nSPS) is 10.9. The Morgan fingerprint density at radius 3 is 2.57 bits per heavy atom. The number of hydrogen-bond donors (Lipinski definition) is 0. The molecule has 100 valence electrons. The van der Waals surface area contributed by atoms with Crippen LogP contribution in [0.3, 0.4) is 0 Å². The molecule has 0 saturated heterocycles. The second kappa shape index (κ2) is 4.87. The maximum Gasteiger partial charge on any atom is 0.226 e. The Morgan fingerprint density at radius 1 is 0.762 bits per heavy atom. The van der Waals surface area contributed by atoms with Crippen LogP contribution in [0.5, 0.6) is 0 Å². The fourth-order valence-electron chi connectivity index (χ4n) is 2.35. The molecule has 0 radical (unpaired) electrons. The largest absolute Gasteiger partial charge is 0.436 e. The first kappa shape index (κ1) is 11.9. The fourth-order valence-corrected chi connectivity index (χ4v) is 2.35. The van der Waals surface area contributed by atoms with Gasteiger partial charge < -0.3 is 4.42 Å². The summed E-state index contributed by atoms with van der Waals surface area (Å²) >= 11 is 0. The number of benzene rings is 2. The Balaban J connectivity index is 1.77. The number of pyridine rings is 1. The molecule has 3 nitrogen and oxygen atoms in total. The predicted molar refractivity (Wildman–Crippen MR) is 82.7 cm³/mol. The Hall–Kier alpha value is -2.94. The van der Waals surface area contributed by atoms with Gasteiger partial charge in [0.1, 0.15) is 0 Å². The molecule has 0 fully saturated rings. The zero-order valence-electron chi connectivity index (χ0n) is 11.2. The Kier molecular flexibility index (Phi) is 2.75. The van der Waals surface area contributed by atoms with Gasteiger partial charge >= 0.3 is 0 Å². The van der Waals surface area contributed by atoms with Gasteiger partial charge in [-0.2, -0.15) is 0 Å². The van der Waals surface area contributed by atoms with E-state index in [1.807, 2.05) is 60.7 Å². The summed E-state index contributed by atoms with van der Waals surface area (Å²) < 4.78 is 5.87. The quantitative estimate of drug-likeness (QED) is 0.537. The van der Waals surface area contributed by atoms with Gasteiger partial charge in [-0.15, -0.1) is 0 Å². The third kappa shape index (κ3) is 2.19. The molecule has 0 N–H and O–H groups in total. The van der Waals surface area contributed by atoms with Crippen LogP contribution >= 0.6 is 0 Å². The summed E-state index contributed by atoms with van der Waals surface area (Å²) in [5.74, 6) is 1.40. The van der Waals surface area contributed by atoms with Gasteiger partial charge in [0, 0.05) is 22.7 Å². The SMILES string of the molecule is c1ccc(-c2cnc(-c3ccc4ncccc4c3)o2)cc1. The minimum atomic E-state index is 0.625. The van der Waals surface area contributed by atoms with Crippen LogP contribution in [-0.2, 0) is 0 Å². The third-order valence-electron chi connectivity index (χ3n) is 3.41. The molecule has 0 aliphatic rings. The van der Waals surface area contributed by atoms with Gasteiger partial charge in [0.2, 0.25) is 5.89 Å². The van der Waals surface area contributed by atoms with E-state index in [1.54, 1.807) is 12.4 Å². The predicted octanol–water partition coefficient (Wildman–Crippen LogP) is 4.56. The number of hydrogen-bond acceptors (Lipinski definition) is 3. The maximum atomic E-state index is 5.87. The fraction of sp³-hybridized carbons (Fsp3) is 0. The van der Waals surface area contributed by atoms with E-state index in [2.05, 4.69) is 9.97 Å². The molecule has 0 bridgehead atoms. The van der Waals surface area contributed by atoms with Crippen LogP contribution in [0.15, 0.2) is 77.5 Å². The number of rotatable bonds is 2. The number of fused-ring (bicyclic) bond motifs is 1. The molecule has 21 heavy (non-hydrogen) atoms. The van der Waals surface area contributed by atoms with Crippen molar-refractivity contribution >= 4 is 10.9 Å². The lowest BCUT2D eigenvalue weighted by Crippen LogP contribution is -1.80. The highest BCUT2D eigenvalue weighted by Gasteiger charge is 2.08. The van der Waals surface area contributed by atoms with Crippen LogP contribution in [0.1, 0.15) is 0 Å². The summed E-state index contributed by atoms with van der Waals surface area (Å²) in [5.41, 5.74) is 2.95. The van der Waals surface area contributed by atoms with Gasteiger partial charge in [-0.05, 0) is 24.3 Å². The lowest BCUT2D eigenvalue weighted by molar-refractivity contribution is 0.589. The maximum absolute atomic E-state index is 5.87. The average Bonchev–Trinajstić information content (AvgIpc) is 3.05. The highest BCUT2D eigenvalue weighted by Crippen LogP contribution is 2.27. The van der Waals surface area contributed by atoms with Crippen LogP contribution in [-0.4, -0.2) is 9.97 Å². The summed E-state index contributed by atoms with van der Waals surface area (Å²) in [6, 6.07) is 19.9. The van der Waals surface area contributed by atoms with Gasteiger partial charge in [-0.1, -0.05) is 36.4 Å². The molecule has 2 heterocycles. The molecule has 0 spiro atoms. The van der Waals surface area contributed by atoms with Gasteiger partial charge in [-0.25, -0.2) is 4.98 Å². The molecule has 0 amide bonds. The first-order chi connectivity index (χ1) is 10.4. The van der Waals surface area contributed by atoms with Crippen molar-refractivity contribution in [2.45, 2.75) is 0 Å². The molecule has 2 aromatic carbocycles. The molecule has 0 unspecified atom stereocenters. The summed E-state index contributed by atoms with van der Waals surface area (Å²) in [6.45, 7) is 0. The smallest absolute Gasteiger partial charge is 0.226 e. The molecule has 2 aromatic heterocycles. The van der Waals surface area contributed by atoms with Crippen molar-refractivity contribution in [3.05, 3.63) is 73.1 Å². The third-order valence-corrected chi connectivity index (χ3v) is 3.41. The van der Waals surface area contributed by atoms with Crippen LogP contribution < -0.4 is 0 Å². The minimum absolute atomic E-state index is 0.625. The Bertz CT molecular complexity index is 897. The van der Waals surface area contributed by atoms with E-state index in [-0.39, 0.29) is 0 Å². The van der Waals surface area contributed by atoms with Crippen molar-refractivity contribution < 1.29 is 4.42 Å². The standard InChI is InChI=1S/C18H12N2O/c1-2-5-13(6-3-1)17-12-20-18(21-17)15-8-9-16-14(11-15)7-4-10-19-16/h1-12H. The minimum Gasteiger partial charge on any atom is -0.436 e. The zero-order chi connectivity index (χ0) is 14.1. The van der Waals surface area contributed by atoms with E-state index >= 15 is 0 Å². The van der Waals surface area contributed by atoms with E-state index in [9.17, 15) is 0 Å². The molecule has 0 aliphatic carbocycles. The lowest BCUT2D eigenvalue weighted by atomic mass is 10.1. The van der Waals surface area contributed by atoms with Crippen molar-refractivity contribution in [1.82, 2.24) is 9.97 Å². The molecule has 3 heteroatoms. The molecule has 0 saturated carbocycles. The lowest BCUT2D eigenvalue weighted by Gasteiger charge is -1.99. The second-order valence-corrected chi connectivity index (χ2v) is 4.81. The van der Waals surface area contributed by atoms with Crippen molar-refractivity contribution in [3.8, 4) is 22.8 Å². The van der Waals surface area contributed by atoms with Gasteiger partial charge in [0.15, 0.2) is 5.76 Å². The van der Waals surface area contributed by atoms with Gasteiger partial charge in [0.05, 0.1) is 11.7 Å². The molecule has 0 aliphatic heterocycles.